The number of halogens is 3. The largest absolute Gasteiger partial charge is 0.481 e. The maximum Gasteiger partial charge on any atom is 0.337 e. The first kappa shape index (κ1) is 23.3. The number of amides is 2. The Morgan fingerprint density at radius 1 is 0.923 bits per heavy atom. The number of hydrogen-bond acceptors (Lipinski definition) is 4. The van der Waals surface area contributed by atoms with Crippen molar-refractivity contribution in [3.63, 3.8) is 0 Å². The van der Waals surface area contributed by atoms with E-state index < -0.39 is 17.8 Å². The lowest BCUT2D eigenvalue weighted by molar-refractivity contribution is -0.137. The van der Waals surface area contributed by atoms with Crippen LogP contribution in [0.15, 0.2) is 0 Å². The van der Waals surface area contributed by atoms with Gasteiger partial charge in [-0.3, -0.25) is 14.4 Å². The first-order valence-corrected chi connectivity index (χ1v) is 10.4. The zero-order valence-electron chi connectivity index (χ0n) is 13.7. The molecule has 0 radical (unpaired) electrons. The number of nitrogens with one attached hydrogen (secondary N) is 1. The summed E-state index contributed by atoms with van der Waals surface area (Å²) in [6.45, 7) is 0. The first-order valence-electron chi connectivity index (χ1n) is 7.16. The fourth-order valence-corrected chi connectivity index (χ4v) is 6.33. The highest BCUT2D eigenvalue weighted by Gasteiger charge is 2.29. The Bertz CT molecular complexity index is 779. The van der Waals surface area contributed by atoms with Gasteiger partial charge in [0.05, 0.1) is 24.0 Å². The van der Waals surface area contributed by atoms with E-state index in [0.29, 0.717) is 10.7 Å². The molecule has 0 aliphatic carbocycles. The maximum absolute atomic E-state index is 12.5. The molecule has 0 bridgehead atoms. The van der Waals surface area contributed by atoms with E-state index in [-0.39, 0.29) is 42.0 Å². The fraction of sp³-hybridized carbons (Fsp3) is 0.333. The van der Waals surface area contributed by atoms with Gasteiger partial charge in [0.1, 0.15) is 0 Å². The topological polar surface area (TPSA) is 124 Å². The van der Waals surface area contributed by atoms with Gasteiger partial charge in [-0.15, -0.1) is 0 Å². The Labute approximate surface area is 190 Å². The van der Waals surface area contributed by atoms with Crippen LogP contribution in [0.5, 0.6) is 0 Å². The van der Waals surface area contributed by atoms with Crippen LogP contribution in [-0.2, 0) is 9.59 Å². The molecule has 0 atom stereocenters. The molecular weight excluding hydrogens is 685 g/mol. The number of anilines is 1. The molecule has 142 valence electrons. The van der Waals surface area contributed by atoms with E-state index in [9.17, 15) is 24.3 Å². The number of rotatable bonds is 7. The average molecular weight is 700 g/mol. The molecule has 1 aromatic carbocycles. The van der Waals surface area contributed by atoms with Gasteiger partial charge < -0.3 is 20.4 Å². The van der Waals surface area contributed by atoms with Crippen LogP contribution >= 0.6 is 67.8 Å². The van der Waals surface area contributed by atoms with Crippen molar-refractivity contribution in [2.45, 2.75) is 19.3 Å². The Hall–Kier alpha value is -0.710. The number of hydrogen-bond donors (Lipinski definition) is 3. The van der Waals surface area contributed by atoms with Gasteiger partial charge in [-0.1, -0.05) is 0 Å². The van der Waals surface area contributed by atoms with E-state index in [1.54, 1.807) is 14.1 Å². The van der Waals surface area contributed by atoms with Crippen LogP contribution in [0, 0.1) is 10.7 Å². The van der Waals surface area contributed by atoms with Gasteiger partial charge in [0.25, 0.3) is 5.91 Å². The summed E-state index contributed by atoms with van der Waals surface area (Å²) in [5.74, 6) is -3.02. The van der Waals surface area contributed by atoms with Crippen LogP contribution in [0.25, 0.3) is 0 Å². The highest BCUT2D eigenvalue weighted by molar-refractivity contribution is 14.1. The summed E-state index contributed by atoms with van der Waals surface area (Å²) in [5.41, 5.74) is 0.391. The molecule has 1 rings (SSSR count). The number of carbonyl (C=O) groups excluding carboxylic acids is 2. The minimum absolute atomic E-state index is 0.0240. The van der Waals surface area contributed by atoms with Gasteiger partial charge in [0.2, 0.25) is 5.91 Å². The third-order valence-electron chi connectivity index (χ3n) is 3.21. The van der Waals surface area contributed by atoms with E-state index in [2.05, 4.69) is 5.32 Å². The SMILES string of the molecule is CN(C)C(=O)c1c(I)c(NC(=O)CCCC(=O)O)c(I)c(C(=O)O)c1I. The molecule has 8 nitrogen and oxygen atoms in total. The molecule has 3 N–H and O–H groups in total. The summed E-state index contributed by atoms with van der Waals surface area (Å²) >= 11 is 5.55. The lowest BCUT2D eigenvalue weighted by Gasteiger charge is -2.20. The Balaban J connectivity index is 3.38. The molecule has 0 aliphatic rings. The predicted molar refractivity (Wildman–Crippen MR) is 120 cm³/mol. The lowest BCUT2D eigenvalue weighted by Crippen LogP contribution is -2.26. The summed E-state index contributed by atoms with van der Waals surface area (Å²) in [4.78, 5) is 48.2. The number of nitrogens with zero attached hydrogens (tertiary/aromatic N) is 1. The summed E-state index contributed by atoms with van der Waals surface area (Å²) in [6.07, 6.45) is -0.00316. The molecule has 0 fully saturated rings. The molecule has 26 heavy (non-hydrogen) atoms. The third kappa shape index (κ3) is 5.64. The van der Waals surface area contributed by atoms with Gasteiger partial charge in [-0.2, -0.15) is 0 Å². The number of benzene rings is 1. The second-order valence-electron chi connectivity index (χ2n) is 5.37. The van der Waals surface area contributed by atoms with Crippen LogP contribution < -0.4 is 5.32 Å². The van der Waals surface area contributed by atoms with Gasteiger partial charge in [0, 0.05) is 30.5 Å². The molecule has 0 aliphatic heterocycles. The smallest absolute Gasteiger partial charge is 0.337 e. The molecule has 1 aromatic rings. The number of carboxylic acids is 2. The van der Waals surface area contributed by atoms with Crippen LogP contribution in [0.3, 0.4) is 0 Å². The third-order valence-corrected chi connectivity index (χ3v) is 6.45. The highest BCUT2D eigenvalue weighted by Crippen LogP contribution is 2.36. The van der Waals surface area contributed by atoms with Gasteiger partial charge in [-0.25, -0.2) is 4.79 Å². The molecule has 0 spiro atoms. The quantitative estimate of drug-likeness (QED) is 0.376. The van der Waals surface area contributed by atoms with Crippen molar-refractivity contribution in [1.29, 1.82) is 0 Å². The lowest BCUT2D eigenvalue weighted by atomic mass is 10.1. The molecule has 0 saturated carbocycles. The van der Waals surface area contributed by atoms with E-state index in [4.69, 9.17) is 5.11 Å². The monoisotopic (exact) mass is 700 g/mol. The molecule has 0 unspecified atom stereocenters. The van der Waals surface area contributed by atoms with Crippen LogP contribution in [0.1, 0.15) is 40.0 Å². The average Bonchev–Trinajstić information content (AvgIpc) is 2.50. The van der Waals surface area contributed by atoms with Gasteiger partial charge in [-0.05, 0) is 74.2 Å². The van der Waals surface area contributed by atoms with Crippen molar-refractivity contribution in [2.75, 3.05) is 19.4 Å². The van der Waals surface area contributed by atoms with Crippen molar-refractivity contribution in [3.05, 3.63) is 21.8 Å². The second-order valence-corrected chi connectivity index (χ2v) is 8.60. The van der Waals surface area contributed by atoms with Crippen molar-refractivity contribution in [1.82, 2.24) is 4.90 Å². The normalized spacial score (nSPS) is 10.3. The van der Waals surface area contributed by atoms with E-state index >= 15 is 0 Å². The molecule has 0 heterocycles. The molecule has 2 amide bonds. The molecular formula is C15H15I3N2O6. The summed E-state index contributed by atoms with van der Waals surface area (Å²) in [5, 5.41) is 20.8. The summed E-state index contributed by atoms with van der Waals surface area (Å²) < 4.78 is 1.05. The minimum Gasteiger partial charge on any atom is -0.481 e. The second kappa shape index (κ2) is 10.0. The molecule has 0 aromatic heterocycles. The van der Waals surface area contributed by atoms with Gasteiger partial charge in [0.15, 0.2) is 0 Å². The van der Waals surface area contributed by atoms with Crippen molar-refractivity contribution < 1.29 is 29.4 Å². The van der Waals surface area contributed by atoms with Crippen LogP contribution in [0.4, 0.5) is 5.69 Å². The Kier molecular flexibility index (Phi) is 8.98. The van der Waals surface area contributed by atoms with E-state index in [1.165, 1.54) is 4.90 Å². The number of aliphatic carboxylic acids is 1. The maximum atomic E-state index is 12.5. The highest BCUT2D eigenvalue weighted by atomic mass is 127. The fourth-order valence-electron chi connectivity index (χ4n) is 1.98. The summed E-state index contributed by atoms with van der Waals surface area (Å²) in [6, 6.07) is 0. The zero-order valence-corrected chi connectivity index (χ0v) is 20.2. The van der Waals surface area contributed by atoms with Crippen LogP contribution in [-0.4, -0.2) is 53.0 Å². The minimum atomic E-state index is -1.20. The number of carbonyl (C=O) groups is 4. The first-order chi connectivity index (χ1) is 12.0. The van der Waals surface area contributed by atoms with Crippen LogP contribution in [0.2, 0.25) is 0 Å². The predicted octanol–water partition coefficient (Wildman–Crippen LogP) is 3.09. The molecule has 11 heteroatoms. The van der Waals surface area contributed by atoms with E-state index in [0.717, 1.165) is 0 Å². The summed E-state index contributed by atoms with van der Waals surface area (Å²) in [7, 11) is 3.11. The van der Waals surface area contributed by atoms with Crippen molar-refractivity contribution in [3.8, 4) is 0 Å². The van der Waals surface area contributed by atoms with Crippen molar-refractivity contribution in [2.24, 2.45) is 0 Å². The standard InChI is InChI=1S/C15H15I3N2O6/c1-20(2)14(24)8-10(16)9(15(25)26)12(18)13(11(8)17)19-6(21)4-3-5-7(22)23/h3-5H2,1-2H3,(H,19,21)(H,22,23)(H,25,26). The zero-order chi connectivity index (χ0) is 20.2. The Morgan fingerprint density at radius 2 is 1.46 bits per heavy atom. The number of aromatic carboxylic acids is 1. The number of carboxylic acid groups (broad SMARTS) is 2. The van der Waals surface area contributed by atoms with E-state index in [1.807, 2.05) is 67.8 Å². The Morgan fingerprint density at radius 3 is 1.92 bits per heavy atom. The van der Waals surface area contributed by atoms with Crippen molar-refractivity contribution >= 4 is 97.2 Å². The van der Waals surface area contributed by atoms with Gasteiger partial charge >= 0.3 is 11.9 Å². The molecule has 0 saturated heterocycles.